The van der Waals surface area contributed by atoms with E-state index in [1.54, 1.807) is 0 Å². The lowest BCUT2D eigenvalue weighted by Crippen LogP contribution is -2.09. The third-order valence-corrected chi connectivity index (χ3v) is 3.77. The van der Waals surface area contributed by atoms with E-state index in [1.807, 2.05) is 12.1 Å². The summed E-state index contributed by atoms with van der Waals surface area (Å²) in [4.78, 5) is 11.0. The van der Waals surface area contributed by atoms with Gasteiger partial charge in [0.15, 0.2) is 0 Å². The van der Waals surface area contributed by atoms with Crippen LogP contribution in [0.25, 0.3) is 0 Å². The van der Waals surface area contributed by atoms with Crippen LogP contribution in [0.3, 0.4) is 0 Å². The van der Waals surface area contributed by atoms with Crippen molar-refractivity contribution in [2.75, 3.05) is 0 Å². The number of hydrogen-bond acceptors (Lipinski definition) is 1. The average molecular weight is 202 g/mol. The van der Waals surface area contributed by atoms with Gasteiger partial charge in [-0.3, -0.25) is 0 Å². The topological polar surface area (TPSA) is 37.3 Å². The van der Waals surface area contributed by atoms with Crippen LogP contribution >= 0.6 is 0 Å². The molecule has 0 saturated carbocycles. The molecule has 2 heteroatoms. The lowest BCUT2D eigenvalue weighted by Gasteiger charge is -2.22. The van der Waals surface area contributed by atoms with Crippen LogP contribution in [0.5, 0.6) is 0 Å². The van der Waals surface area contributed by atoms with Crippen molar-refractivity contribution in [3.63, 3.8) is 0 Å². The first-order valence-corrected chi connectivity index (χ1v) is 5.64. The summed E-state index contributed by atoms with van der Waals surface area (Å²) in [5.74, 6) is -0.0605. The van der Waals surface area contributed by atoms with Crippen molar-refractivity contribution in [3.8, 4) is 0 Å². The van der Waals surface area contributed by atoms with Gasteiger partial charge < -0.3 is 5.11 Å². The smallest absolute Gasteiger partial charge is 0.335 e. The fourth-order valence-corrected chi connectivity index (χ4v) is 3.14. The summed E-state index contributed by atoms with van der Waals surface area (Å²) in [6, 6.07) is 3.77. The molecule has 3 rings (SSSR count). The Morgan fingerprint density at radius 2 is 1.93 bits per heavy atom. The van der Waals surface area contributed by atoms with Crippen molar-refractivity contribution in [3.05, 3.63) is 34.4 Å². The van der Waals surface area contributed by atoms with Crippen molar-refractivity contribution in [1.82, 2.24) is 0 Å². The SMILES string of the molecule is O=C(O)c1cc2c3c(c1)CCC3CCC2. The third kappa shape index (κ3) is 1.28. The van der Waals surface area contributed by atoms with Gasteiger partial charge >= 0.3 is 5.97 Å². The van der Waals surface area contributed by atoms with Crippen molar-refractivity contribution in [1.29, 1.82) is 0 Å². The van der Waals surface area contributed by atoms with Gasteiger partial charge in [-0.1, -0.05) is 0 Å². The molecule has 0 bridgehead atoms. The summed E-state index contributed by atoms with van der Waals surface area (Å²) in [7, 11) is 0. The first kappa shape index (κ1) is 8.96. The maximum absolute atomic E-state index is 11.0. The Kier molecular flexibility index (Phi) is 1.84. The Labute approximate surface area is 88.9 Å². The van der Waals surface area contributed by atoms with Crippen LogP contribution in [0.2, 0.25) is 0 Å². The second kappa shape index (κ2) is 3.09. The molecule has 1 unspecified atom stereocenters. The lowest BCUT2D eigenvalue weighted by molar-refractivity contribution is 0.0696. The molecule has 2 nitrogen and oxygen atoms in total. The summed E-state index contributed by atoms with van der Waals surface area (Å²) in [5, 5.41) is 9.02. The Hall–Kier alpha value is -1.31. The number of carboxylic acids is 1. The van der Waals surface area contributed by atoms with Gasteiger partial charge in [-0.15, -0.1) is 0 Å². The van der Waals surface area contributed by atoms with Gasteiger partial charge in [-0.25, -0.2) is 4.79 Å². The van der Waals surface area contributed by atoms with Crippen molar-refractivity contribution >= 4 is 5.97 Å². The van der Waals surface area contributed by atoms with Crippen LogP contribution in [-0.2, 0) is 12.8 Å². The standard InChI is InChI=1S/C13H14O2/c14-13(15)11-6-9-3-1-2-8-4-5-10(7-11)12(8)9/h6-8H,1-5H2,(H,14,15). The van der Waals surface area contributed by atoms with Gasteiger partial charge in [-0.2, -0.15) is 0 Å². The highest BCUT2D eigenvalue weighted by Crippen LogP contribution is 2.42. The number of aryl methyl sites for hydroxylation is 2. The highest BCUT2D eigenvalue weighted by molar-refractivity contribution is 5.88. The summed E-state index contributed by atoms with van der Waals surface area (Å²) in [6.45, 7) is 0. The molecule has 0 aromatic heterocycles. The van der Waals surface area contributed by atoms with Gasteiger partial charge in [-0.05, 0) is 66.8 Å². The molecule has 0 spiro atoms. The first-order chi connectivity index (χ1) is 7.25. The van der Waals surface area contributed by atoms with Crippen LogP contribution in [0.1, 0.15) is 52.2 Å². The minimum absolute atomic E-state index is 0.478. The van der Waals surface area contributed by atoms with E-state index in [9.17, 15) is 4.79 Å². The molecule has 0 fully saturated rings. The minimum atomic E-state index is -0.789. The highest BCUT2D eigenvalue weighted by atomic mass is 16.4. The summed E-state index contributed by atoms with van der Waals surface area (Å²) in [6.07, 6.45) is 5.89. The predicted molar refractivity (Wildman–Crippen MR) is 57.4 cm³/mol. The number of carboxylic acid groups (broad SMARTS) is 1. The fraction of sp³-hybridized carbons (Fsp3) is 0.462. The number of aromatic carboxylic acids is 1. The zero-order chi connectivity index (χ0) is 10.4. The Morgan fingerprint density at radius 1 is 1.20 bits per heavy atom. The van der Waals surface area contributed by atoms with Crippen LogP contribution in [0.4, 0.5) is 0 Å². The van der Waals surface area contributed by atoms with E-state index in [0.717, 1.165) is 18.8 Å². The summed E-state index contributed by atoms with van der Waals surface area (Å²) < 4.78 is 0. The van der Waals surface area contributed by atoms with E-state index >= 15 is 0 Å². The molecule has 1 aromatic rings. The maximum atomic E-state index is 11.0. The summed E-state index contributed by atoms with van der Waals surface area (Å²) in [5.41, 5.74) is 4.57. The molecule has 1 aromatic carbocycles. The number of hydrogen-bond donors (Lipinski definition) is 1. The average Bonchev–Trinajstić information content (AvgIpc) is 2.64. The van der Waals surface area contributed by atoms with Crippen LogP contribution in [0, 0.1) is 0 Å². The number of carbonyl (C=O) groups is 1. The van der Waals surface area contributed by atoms with Gasteiger partial charge in [0.05, 0.1) is 5.56 Å². The normalized spacial score (nSPS) is 22.5. The van der Waals surface area contributed by atoms with Gasteiger partial charge in [0.2, 0.25) is 0 Å². The summed E-state index contributed by atoms with van der Waals surface area (Å²) >= 11 is 0. The van der Waals surface area contributed by atoms with Crippen molar-refractivity contribution < 1.29 is 9.90 Å². The largest absolute Gasteiger partial charge is 0.478 e. The molecule has 2 aliphatic carbocycles. The molecule has 2 aliphatic rings. The molecule has 1 atom stereocenters. The highest BCUT2D eigenvalue weighted by Gasteiger charge is 2.29. The molecular formula is C13H14O2. The van der Waals surface area contributed by atoms with Crippen molar-refractivity contribution in [2.45, 2.75) is 38.0 Å². The van der Waals surface area contributed by atoms with E-state index in [1.165, 1.54) is 36.0 Å². The molecule has 1 N–H and O–H groups in total. The van der Waals surface area contributed by atoms with E-state index in [-0.39, 0.29) is 0 Å². The monoisotopic (exact) mass is 202 g/mol. The zero-order valence-electron chi connectivity index (χ0n) is 8.62. The molecule has 15 heavy (non-hydrogen) atoms. The second-order valence-electron chi connectivity index (χ2n) is 4.64. The molecular weight excluding hydrogens is 188 g/mol. The Bertz CT molecular complexity index is 434. The lowest BCUT2D eigenvalue weighted by atomic mass is 9.83. The number of rotatable bonds is 1. The molecule has 0 aliphatic heterocycles. The van der Waals surface area contributed by atoms with E-state index in [0.29, 0.717) is 5.56 Å². The van der Waals surface area contributed by atoms with Gasteiger partial charge in [0.25, 0.3) is 0 Å². The van der Waals surface area contributed by atoms with Crippen LogP contribution < -0.4 is 0 Å². The predicted octanol–water partition coefficient (Wildman–Crippen LogP) is 2.75. The first-order valence-electron chi connectivity index (χ1n) is 5.64. The molecule has 0 saturated heterocycles. The maximum Gasteiger partial charge on any atom is 0.335 e. The minimum Gasteiger partial charge on any atom is -0.478 e. The zero-order valence-corrected chi connectivity index (χ0v) is 8.62. The fourth-order valence-electron chi connectivity index (χ4n) is 3.14. The molecule has 0 heterocycles. The van der Waals surface area contributed by atoms with Gasteiger partial charge in [0, 0.05) is 0 Å². The number of benzene rings is 1. The quantitative estimate of drug-likeness (QED) is 0.760. The van der Waals surface area contributed by atoms with Crippen molar-refractivity contribution in [2.24, 2.45) is 0 Å². The van der Waals surface area contributed by atoms with E-state index in [4.69, 9.17) is 5.11 Å². The van der Waals surface area contributed by atoms with E-state index in [2.05, 4.69) is 0 Å². The Balaban J connectivity index is 2.18. The molecule has 0 radical (unpaired) electrons. The molecule has 78 valence electrons. The third-order valence-electron chi connectivity index (χ3n) is 3.77. The second-order valence-corrected chi connectivity index (χ2v) is 4.64. The molecule has 0 amide bonds. The van der Waals surface area contributed by atoms with Crippen LogP contribution in [-0.4, -0.2) is 11.1 Å². The van der Waals surface area contributed by atoms with Gasteiger partial charge in [0.1, 0.15) is 0 Å². The Morgan fingerprint density at radius 3 is 2.67 bits per heavy atom. The van der Waals surface area contributed by atoms with Crippen LogP contribution in [0.15, 0.2) is 12.1 Å². The van der Waals surface area contributed by atoms with E-state index < -0.39 is 5.97 Å².